The lowest BCUT2D eigenvalue weighted by atomic mass is 10.2. The number of rotatable bonds is 3. The number of fused-ring (bicyclic) bond motifs is 2. The Morgan fingerprint density at radius 1 is 1.16 bits per heavy atom. The Hall–Kier alpha value is -3.74. The summed E-state index contributed by atoms with van der Waals surface area (Å²) in [5.74, 6) is -0.0163. The highest BCUT2D eigenvalue weighted by Crippen LogP contribution is 2.16. The first-order valence-corrected chi connectivity index (χ1v) is 7.51. The highest BCUT2D eigenvalue weighted by molar-refractivity contribution is 6.02. The fourth-order valence-electron chi connectivity index (χ4n) is 2.44. The Labute approximate surface area is 141 Å². The second-order valence-electron chi connectivity index (χ2n) is 5.31. The number of para-hydroxylation sites is 2. The van der Waals surface area contributed by atoms with Gasteiger partial charge in [-0.05, 0) is 30.3 Å². The molecule has 2 N–H and O–H groups in total. The molecular weight excluding hydrogens is 320 g/mol. The first kappa shape index (κ1) is 14.8. The van der Waals surface area contributed by atoms with Gasteiger partial charge in [0.1, 0.15) is 5.52 Å². The van der Waals surface area contributed by atoms with Crippen LogP contribution in [0, 0.1) is 0 Å². The molecule has 0 radical (unpaired) electrons. The van der Waals surface area contributed by atoms with E-state index in [1.165, 1.54) is 18.5 Å². The maximum atomic E-state index is 12.1. The summed E-state index contributed by atoms with van der Waals surface area (Å²) >= 11 is 0. The zero-order chi connectivity index (χ0) is 17.2. The number of amides is 1. The molecule has 2 aromatic heterocycles. The van der Waals surface area contributed by atoms with Crippen LogP contribution in [0.15, 0.2) is 64.1 Å². The molecule has 25 heavy (non-hydrogen) atoms. The summed E-state index contributed by atoms with van der Waals surface area (Å²) in [6.45, 7) is 0. The molecule has 0 bridgehead atoms. The first-order chi connectivity index (χ1) is 12.2. The quantitative estimate of drug-likeness (QED) is 0.562. The Kier molecular flexibility index (Phi) is 3.59. The van der Waals surface area contributed by atoms with Crippen LogP contribution in [0.25, 0.3) is 28.1 Å². The molecule has 0 saturated carbocycles. The molecule has 0 saturated heterocycles. The monoisotopic (exact) mass is 332 g/mol. The number of H-pyrrole nitrogens is 1. The van der Waals surface area contributed by atoms with Crippen molar-refractivity contribution in [2.45, 2.75) is 0 Å². The van der Waals surface area contributed by atoms with Gasteiger partial charge in [0.25, 0.3) is 5.56 Å². The molecule has 0 unspecified atom stereocenters. The van der Waals surface area contributed by atoms with E-state index >= 15 is 0 Å². The van der Waals surface area contributed by atoms with Crippen LogP contribution in [0.2, 0.25) is 0 Å². The summed E-state index contributed by atoms with van der Waals surface area (Å²) in [7, 11) is 0. The van der Waals surface area contributed by atoms with Crippen molar-refractivity contribution in [2.75, 3.05) is 5.32 Å². The van der Waals surface area contributed by atoms with Crippen LogP contribution in [0.4, 0.5) is 5.69 Å². The number of hydrogen-bond acceptors (Lipinski definition) is 5. The summed E-state index contributed by atoms with van der Waals surface area (Å²) < 4.78 is 5.51. The lowest BCUT2D eigenvalue weighted by Crippen LogP contribution is -2.10. The minimum Gasteiger partial charge on any atom is -0.437 e. The number of anilines is 1. The van der Waals surface area contributed by atoms with Crippen molar-refractivity contribution in [1.29, 1.82) is 0 Å². The van der Waals surface area contributed by atoms with E-state index in [1.54, 1.807) is 24.3 Å². The number of nitrogens with one attached hydrogen (secondary N) is 2. The fraction of sp³-hybridized carbons (Fsp3) is 0. The van der Waals surface area contributed by atoms with Crippen molar-refractivity contribution in [3.8, 4) is 0 Å². The van der Waals surface area contributed by atoms with Gasteiger partial charge < -0.3 is 14.7 Å². The van der Waals surface area contributed by atoms with Gasteiger partial charge in [0, 0.05) is 17.8 Å². The average Bonchev–Trinajstić information content (AvgIpc) is 3.04. The van der Waals surface area contributed by atoms with E-state index in [2.05, 4.69) is 20.3 Å². The molecule has 0 aliphatic rings. The number of oxazole rings is 1. The molecule has 0 aliphatic heterocycles. The number of hydrogen-bond donors (Lipinski definition) is 2. The summed E-state index contributed by atoms with van der Waals surface area (Å²) in [4.78, 5) is 34.6. The van der Waals surface area contributed by atoms with E-state index < -0.39 is 0 Å². The molecule has 0 spiro atoms. The van der Waals surface area contributed by atoms with Crippen molar-refractivity contribution >= 4 is 39.7 Å². The topological polar surface area (TPSA) is 101 Å². The SMILES string of the molecule is O=C(C=Cc1nc2ccccc2o1)Nc1ccc2nc[nH]c(=O)c2c1. The fourth-order valence-corrected chi connectivity index (χ4v) is 2.44. The van der Waals surface area contributed by atoms with Crippen molar-refractivity contribution in [1.82, 2.24) is 15.0 Å². The molecule has 4 rings (SSSR count). The predicted octanol–water partition coefficient (Wildman–Crippen LogP) is 2.72. The molecule has 4 aromatic rings. The number of carbonyl (C=O) groups is 1. The van der Waals surface area contributed by atoms with Crippen LogP contribution in [0.1, 0.15) is 5.89 Å². The Morgan fingerprint density at radius 2 is 2.04 bits per heavy atom. The van der Waals surface area contributed by atoms with Gasteiger partial charge in [0.15, 0.2) is 5.58 Å². The standard InChI is InChI=1S/C18H12N4O3/c23-16(7-8-17-22-14-3-1-2-4-15(14)25-17)21-11-5-6-13-12(9-11)18(24)20-10-19-13/h1-10H,(H,21,23)(H,19,20,24). The van der Waals surface area contributed by atoms with Crippen molar-refractivity contribution in [3.05, 3.63) is 71.1 Å². The molecule has 0 fully saturated rings. The van der Waals surface area contributed by atoms with E-state index in [0.29, 0.717) is 28.1 Å². The van der Waals surface area contributed by atoms with Gasteiger partial charge >= 0.3 is 0 Å². The second kappa shape index (κ2) is 6.04. The first-order valence-electron chi connectivity index (χ1n) is 7.51. The van der Waals surface area contributed by atoms with Crippen LogP contribution in [-0.2, 0) is 4.79 Å². The number of aromatic nitrogens is 3. The summed E-state index contributed by atoms with van der Waals surface area (Å²) in [5.41, 5.74) is 2.18. The van der Waals surface area contributed by atoms with Gasteiger partial charge in [0.05, 0.1) is 17.2 Å². The van der Waals surface area contributed by atoms with E-state index in [-0.39, 0.29) is 11.5 Å². The molecule has 0 atom stereocenters. The lowest BCUT2D eigenvalue weighted by molar-refractivity contribution is -0.111. The molecule has 2 aromatic carbocycles. The van der Waals surface area contributed by atoms with Crippen LogP contribution >= 0.6 is 0 Å². The highest BCUT2D eigenvalue weighted by atomic mass is 16.3. The highest BCUT2D eigenvalue weighted by Gasteiger charge is 2.05. The number of carbonyl (C=O) groups excluding carboxylic acids is 1. The molecular formula is C18H12N4O3. The predicted molar refractivity (Wildman–Crippen MR) is 94.0 cm³/mol. The van der Waals surface area contributed by atoms with Crippen molar-refractivity contribution in [2.24, 2.45) is 0 Å². The van der Waals surface area contributed by atoms with Gasteiger partial charge in [-0.15, -0.1) is 0 Å². The van der Waals surface area contributed by atoms with E-state index in [9.17, 15) is 9.59 Å². The van der Waals surface area contributed by atoms with Crippen LogP contribution in [0.5, 0.6) is 0 Å². The number of nitrogens with zero attached hydrogens (tertiary/aromatic N) is 2. The van der Waals surface area contributed by atoms with E-state index in [1.807, 2.05) is 18.2 Å². The molecule has 2 heterocycles. The van der Waals surface area contributed by atoms with Crippen molar-refractivity contribution in [3.63, 3.8) is 0 Å². The van der Waals surface area contributed by atoms with E-state index in [0.717, 1.165) is 5.52 Å². The normalized spacial score (nSPS) is 11.4. The third-order valence-corrected chi connectivity index (χ3v) is 3.60. The van der Waals surface area contributed by atoms with Crippen LogP contribution in [0.3, 0.4) is 0 Å². The minimum absolute atomic E-state index is 0.261. The maximum absolute atomic E-state index is 12.1. The Balaban J connectivity index is 1.53. The van der Waals surface area contributed by atoms with Gasteiger partial charge in [-0.3, -0.25) is 9.59 Å². The third kappa shape index (κ3) is 3.02. The molecule has 0 aliphatic carbocycles. The minimum atomic E-state index is -0.359. The van der Waals surface area contributed by atoms with Gasteiger partial charge in [-0.1, -0.05) is 12.1 Å². The maximum Gasteiger partial charge on any atom is 0.258 e. The summed E-state index contributed by atoms with van der Waals surface area (Å²) in [6.07, 6.45) is 4.15. The van der Waals surface area contributed by atoms with E-state index in [4.69, 9.17) is 4.42 Å². The third-order valence-electron chi connectivity index (χ3n) is 3.60. The smallest absolute Gasteiger partial charge is 0.258 e. The molecule has 1 amide bonds. The lowest BCUT2D eigenvalue weighted by Gasteiger charge is -2.03. The molecule has 7 heteroatoms. The average molecular weight is 332 g/mol. The Bertz CT molecular complexity index is 1140. The zero-order valence-electron chi connectivity index (χ0n) is 12.9. The second-order valence-corrected chi connectivity index (χ2v) is 5.31. The molecule has 7 nitrogen and oxygen atoms in total. The summed E-state index contributed by atoms with van der Waals surface area (Å²) in [6, 6.07) is 12.3. The Morgan fingerprint density at radius 3 is 2.92 bits per heavy atom. The van der Waals surface area contributed by atoms with Crippen LogP contribution in [-0.4, -0.2) is 20.9 Å². The molecule has 122 valence electrons. The summed E-state index contributed by atoms with van der Waals surface area (Å²) in [5, 5.41) is 3.10. The zero-order valence-corrected chi connectivity index (χ0v) is 12.9. The number of benzene rings is 2. The van der Waals surface area contributed by atoms with Crippen molar-refractivity contribution < 1.29 is 9.21 Å². The van der Waals surface area contributed by atoms with Gasteiger partial charge in [0.2, 0.25) is 11.8 Å². The van der Waals surface area contributed by atoms with Gasteiger partial charge in [-0.25, -0.2) is 9.97 Å². The van der Waals surface area contributed by atoms with Crippen LogP contribution < -0.4 is 10.9 Å². The largest absolute Gasteiger partial charge is 0.437 e. The van der Waals surface area contributed by atoms with Gasteiger partial charge in [-0.2, -0.15) is 0 Å². The number of aromatic amines is 1.